The zero-order chi connectivity index (χ0) is 14.1. The average Bonchev–Trinajstić information content (AvgIpc) is 2.49. The molecule has 3 rings (SSSR count). The molecular formula is C16H21N3O. The van der Waals surface area contributed by atoms with Crippen molar-refractivity contribution in [3.8, 4) is 0 Å². The summed E-state index contributed by atoms with van der Waals surface area (Å²) in [7, 11) is 1.80. The maximum absolute atomic E-state index is 6.05. The van der Waals surface area contributed by atoms with Crippen molar-refractivity contribution in [2.75, 3.05) is 30.8 Å². The van der Waals surface area contributed by atoms with Crippen LogP contribution in [-0.2, 0) is 4.74 Å². The first-order valence-corrected chi connectivity index (χ1v) is 7.11. The minimum absolute atomic E-state index is 0.278. The molecule has 1 aromatic heterocycles. The number of rotatable bonds is 2. The minimum atomic E-state index is 0.278. The van der Waals surface area contributed by atoms with E-state index in [1.54, 1.807) is 7.11 Å². The van der Waals surface area contributed by atoms with Crippen LogP contribution in [0.15, 0.2) is 30.5 Å². The molecule has 4 nitrogen and oxygen atoms in total. The van der Waals surface area contributed by atoms with Crippen LogP contribution < -0.4 is 10.6 Å². The molecule has 2 N–H and O–H groups in total. The summed E-state index contributed by atoms with van der Waals surface area (Å²) in [5.74, 6) is 0.601. The van der Waals surface area contributed by atoms with E-state index in [4.69, 9.17) is 10.5 Å². The number of ether oxygens (including phenoxy) is 1. The lowest BCUT2D eigenvalue weighted by molar-refractivity contribution is 0.0499. The van der Waals surface area contributed by atoms with Gasteiger partial charge in [-0.3, -0.25) is 4.98 Å². The number of fused-ring (bicyclic) bond motifs is 1. The first-order valence-electron chi connectivity index (χ1n) is 7.11. The molecule has 0 bridgehead atoms. The number of methoxy groups -OCH3 is 1. The van der Waals surface area contributed by atoms with Gasteiger partial charge in [-0.2, -0.15) is 0 Å². The van der Waals surface area contributed by atoms with Crippen LogP contribution in [0.2, 0.25) is 0 Å². The molecule has 0 saturated carbocycles. The van der Waals surface area contributed by atoms with Gasteiger partial charge >= 0.3 is 0 Å². The Bertz CT molecular complexity index is 614. The predicted octanol–water partition coefficient (Wildman–Crippen LogP) is 2.68. The average molecular weight is 271 g/mol. The maximum Gasteiger partial charge on any atom is 0.0955 e. The SMILES string of the molecule is COC1CN(c2ccc(N)c3cccnc23)CCC1C. The van der Waals surface area contributed by atoms with Gasteiger partial charge in [-0.25, -0.2) is 0 Å². The summed E-state index contributed by atoms with van der Waals surface area (Å²) in [6, 6.07) is 8.01. The van der Waals surface area contributed by atoms with Crippen LogP contribution in [0.5, 0.6) is 0 Å². The molecule has 0 radical (unpaired) electrons. The first kappa shape index (κ1) is 13.2. The highest BCUT2D eigenvalue weighted by Crippen LogP contribution is 2.32. The van der Waals surface area contributed by atoms with Gasteiger partial charge in [0.2, 0.25) is 0 Å². The van der Waals surface area contributed by atoms with Crippen molar-refractivity contribution in [3.05, 3.63) is 30.5 Å². The summed E-state index contributed by atoms with van der Waals surface area (Å²) in [6.45, 7) is 4.20. The first-order chi connectivity index (χ1) is 9.70. The number of hydrogen-bond donors (Lipinski definition) is 1. The summed E-state index contributed by atoms with van der Waals surface area (Å²) in [4.78, 5) is 6.89. The Labute approximate surface area is 119 Å². The smallest absolute Gasteiger partial charge is 0.0955 e. The fourth-order valence-corrected chi connectivity index (χ4v) is 2.99. The van der Waals surface area contributed by atoms with Crippen molar-refractivity contribution >= 4 is 22.3 Å². The summed E-state index contributed by atoms with van der Waals surface area (Å²) in [6.07, 6.45) is 3.24. The zero-order valence-electron chi connectivity index (χ0n) is 12.0. The van der Waals surface area contributed by atoms with E-state index in [2.05, 4.69) is 22.9 Å². The van der Waals surface area contributed by atoms with Crippen LogP contribution in [-0.4, -0.2) is 31.3 Å². The number of nitrogens with zero attached hydrogens (tertiary/aromatic N) is 2. The van der Waals surface area contributed by atoms with Crippen LogP contribution in [0.4, 0.5) is 11.4 Å². The number of nitrogens with two attached hydrogens (primary N) is 1. The molecule has 106 valence electrons. The lowest BCUT2D eigenvalue weighted by Crippen LogP contribution is -2.44. The molecule has 1 fully saturated rings. The molecule has 2 atom stereocenters. The van der Waals surface area contributed by atoms with Crippen LogP contribution in [0.25, 0.3) is 10.9 Å². The van der Waals surface area contributed by atoms with Gasteiger partial charge in [0.25, 0.3) is 0 Å². The third-order valence-electron chi connectivity index (χ3n) is 4.31. The summed E-state index contributed by atoms with van der Waals surface area (Å²) in [5.41, 5.74) is 8.97. The third-order valence-corrected chi connectivity index (χ3v) is 4.31. The van der Waals surface area contributed by atoms with Crippen molar-refractivity contribution in [2.45, 2.75) is 19.4 Å². The Morgan fingerprint density at radius 2 is 2.20 bits per heavy atom. The molecule has 4 heteroatoms. The Morgan fingerprint density at radius 1 is 1.35 bits per heavy atom. The van der Waals surface area contributed by atoms with E-state index in [-0.39, 0.29) is 6.10 Å². The van der Waals surface area contributed by atoms with Crippen molar-refractivity contribution in [1.82, 2.24) is 4.98 Å². The van der Waals surface area contributed by atoms with Crippen LogP contribution >= 0.6 is 0 Å². The number of hydrogen-bond acceptors (Lipinski definition) is 4. The largest absolute Gasteiger partial charge is 0.398 e. The highest BCUT2D eigenvalue weighted by Gasteiger charge is 2.27. The van der Waals surface area contributed by atoms with E-state index >= 15 is 0 Å². The number of benzene rings is 1. The molecule has 1 aliphatic rings. The van der Waals surface area contributed by atoms with Gasteiger partial charge in [-0.1, -0.05) is 6.92 Å². The predicted molar refractivity (Wildman–Crippen MR) is 82.9 cm³/mol. The highest BCUT2D eigenvalue weighted by atomic mass is 16.5. The molecule has 2 aromatic rings. The van der Waals surface area contributed by atoms with E-state index in [1.807, 2.05) is 24.4 Å². The lowest BCUT2D eigenvalue weighted by atomic mass is 9.95. The molecule has 1 saturated heterocycles. The molecule has 1 aliphatic heterocycles. The normalized spacial score (nSPS) is 23.2. The standard InChI is InChI=1S/C16H21N3O/c1-11-7-9-19(10-15(11)20-2)14-6-5-13(17)12-4-3-8-18-16(12)14/h3-6,8,11,15H,7,9-10,17H2,1-2H3. The highest BCUT2D eigenvalue weighted by molar-refractivity contribution is 5.98. The van der Waals surface area contributed by atoms with E-state index in [0.29, 0.717) is 5.92 Å². The van der Waals surface area contributed by atoms with Gasteiger partial charge in [0.1, 0.15) is 0 Å². The molecule has 0 aliphatic carbocycles. The second-order valence-corrected chi connectivity index (χ2v) is 5.56. The van der Waals surface area contributed by atoms with E-state index in [0.717, 1.165) is 41.8 Å². The Kier molecular flexibility index (Phi) is 3.49. The molecule has 20 heavy (non-hydrogen) atoms. The third kappa shape index (κ3) is 2.20. The van der Waals surface area contributed by atoms with Crippen LogP contribution in [0.1, 0.15) is 13.3 Å². The number of anilines is 2. The Morgan fingerprint density at radius 3 is 3.00 bits per heavy atom. The van der Waals surface area contributed by atoms with Gasteiger partial charge in [0.15, 0.2) is 0 Å². The molecule has 2 heterocycles. The van der Waals surface area contributed by atoms with Crippen LogP contribution in [0, 0.1) is 5.92 Å². The van der Waals surface area contributed by atoms with Crippen LogP contribution in [0.3, 0.4) is 0 Å². The summed E-state index contributed by atoms with van der Waals surface area (Å²) < 4.78 is 5.60. The van der Waals surface area contributed by atoms with Crippen molar-refractivity contribution in [2.24, 2.45) is 5.92 Å². The number of piperidine rings is 1. The molecule has 0 amide bonds. The van der Waals surface area contributed by atoms with E-state index in [1.165, 1.54) is 0 Å². The quantitative estimate of drug-likeness (QED) is 0.853. The van der Waals surface area contributed by atoms with E-state index in [9.17, 15) is 0 Å². The molecular weight excluding hydrogens is 250 g/mol. The van der Waals surface area contributed by atoms with Crippen molar-refractivity contribution < 1.29 is 4.74 Å². The van der Waals surface area contributed by atoms with Gasteiger partial charge in [-0.15, -0.1) is 0 Å². The fourth-order valence-electron chi connectivity index (χ4n) is 2.99. The van der Waals surface area contributed by atoms with Gasteiger partial charge in [0, 0.05) is 37.5 Å². The maximum atomic E-state index is 6.05. The zero-order valence-corrected chi connectivity index (χ0v) is 12.0. The Hall–Kier alpha value is -1.81. The summed E-state index contributed by atoms with van der Waals surface area (Å²) >= 11 is 0. The molecule has 2 unspecified atom stereocenters. The second-order valence-electron chi connectivity index (χ2n) is 5.56. The fraction of sp³-hybridized carbons (Fsp3) is 0.438. The van der Waals surface area contributed by atoms with Gasteiger partial charge < -0.3 is 15.4 Å². The van der Waals surface area contributed by atoms with Crippen molar-refractivity contribution in [3.63, 3.8) is 0 Å². The minimum Gasteiger partial charge on any atom is -0.398 e. The van der Waals surface area contributed by atoms with Gasteiger partial charge in [0.05, 0.1) is 17.3 Å². The van der Waals surface area contributed by atoms with Gasteiger partial charge in [-0.05, 0) is 36.6 Å². The van der Waals surface area contributed by atoms with E-state index < -0.39 is 0 Å². The monoisotopic (exact) mass is 271 g/mol. The number of pyridine rings is 1. The number of nitrogen functional groups attached to an aromatic ring is 1. The summed E-state index contributed by atoms with van der Waals surface area (Å²) in [5, 5.41) is 1.03. The lowest BCUT2D eigenvalue weighted by Gasteiger charge is -2.37. The Balaban J connectivity index is 2.00. The van der Waals surface area contributed by atoms with Crippen molar-refractivity contribution in [1.29, 1.82) is 0 Å². The molecule has 0 spiro atoms. The molecule has 1 aromatic carbocycles. The number of aromatic nitrogens is 1. The topological polar surface area (TPSA) is 51.4 Å². The second kappa shape index (κ2) is 5.29.